The van der Waals surface area contributed by atoms with Crippen LogP contribution in [0.25, 0.3) is 0 Å². The van der Waals surface area contributed by atoms with Crippen molar-refractivity contribution in [3.05, 3.63) is 18.3 Å². The molecule has 1 heterocycles. The van der Waals surface area contributed by atoms with E-state index in [4.69, 9.17) is 5.73 Å². The van der Waals surface area contributed by atoms with Gasteiger partial charge in [0.2, 0.25) is 0 Å². The van der Waals surface area contributed by atoms with Crippen LogP contribution in [0.2, 0.25) is 0 Å². The fourth-order valence-electron chi connectivity index (χ4n) is 0.666. The first kappa shape index (κ1) is 10.3. The van der Waals surface area contributed by atoms with E-state index in [0.717, 1.165) is 6.20 Å². The van der Waals surface area contributed by atoms with Crippen molar-refractivity contribution in [3.63, 3.8) is 0 Å². The Morgan fingerprint density at radius 2 is 2.07 bits per heavy atom. The molecule has 76 valence electrons. The summed E-state index contributed by atoms with van der Waals surface area (Å²) in [5.74, 6) is -2.25. The minimum Gasteiger partial charge on any atom is -0.397 e. The van der Waals surface area contributed by atoms with E-state index in [0.29, 0.717) is 5.69 Å². The largest absolute Gasteiger partial charge is 0.471 e. The van der Waals surface area contributed by atoms with Crippen LogP contribution in [0.4, 0.5) is 24.7 Å². The van der Waals surface area contributed by atoms with Crippen molar-refractivity contribution in [1.82, 2.24) is 4.98 Å². The lowest BCUT2D eigenvalue weighted by atomic mass is 10.4. The smallest absolute Gasteiger partial charge is 0.397 e. The minimum atomic E-state index is -4.91. The Kier molecular flexibility index (Phi) is 2.59. The van der Waals surface area contributed by atoms with Crippen LogP contribution in [0, 0.1) is 0 Å². The molecule has 7 heteroatoms. The maximum Gasteiger partial charge on any atom is 0.471 e. The summed E-state index contributed by atoms with van der Waals surface area (Å²) in [6, 6.07) is 2.51. The molecule has 0 unspecified atom stereocenters. The van der Waals surface area contributed by atoms with Crippen molar-refractivity contribution >= 4 is 17.4 Å². The van der Waals surface area contributed by atoms with Gasteiger partial charge in [-0.15, -0.1) is 0 Å². The van der Waals surface area contributed by atoms with Crippen molar-refractivity contribution < 1.29 is 18.0 Å². The predicted molar refractivity (Wildman–Crippen MR) is 43.3 cm³/mol. The number of rotatable bonds is 1. The van der Waals surface area contributed by atoms with Gasteiger partial charge in [-0.25, -0.2) is 4.98 Å². The summed E-state index contributed by atoms with van der Waals surface area (Å²) in [4.78, 5) is 13.9. The van der Waals surface area contributed by atoms with Gasteiger partial charge in [0.15, 0.2) is 0 Å². The Labute approximate surface area is 76.9 Å². The van der Waals surface area contributed by atoms with E-state index in [1.165, 1.54) is 12.1 Å². The van der Waals surface area contributed by atoms with Crippen LogP contribution in [0.3, 0.4) is 0 Å². The van der Waals surface area contributed by atoms with Gasteiger partial charge in [-0.05, 0) is 12.1 Å². The summed E-state index contributed by atoms with van der Waals surface area (Å²) in [7, 11) is 0. The van der Waals surface area contributed by atoms with Gasteiger partial charge in [0.1, 0.15) is 5.82 Å². The number of hydrogen-bond donors (Lipinski definition) is 2. The van der Waals surface area contributed by atoms with Gasteiger partial charge in [0.25, 0.3) is 0 Å². The molecule has 0 saturated heterocycles. The highest BCUT2D eigenvalue weighted by Crippen LogP contribution is 2.17. The van der Waals surface area contributed by atoms with Gasteiger partial charge in [-0.2, -0.15) is 13.2 Å². The molecule has 0 fully saturated rings. The molecule has 1 rings (SSSR count). The van der Waals surface area contributed by atoms with Crippen molar-refractivity contribution in [2.24, 2.45) is 0 Å². The van der Waals surface area contributed by atoms with Crippen LogP contribution in [-0.2, 0) is 4.79 Å². The van der Waals surface area contributed by atoms with Gasteiger partial charge < -0.3 is 11.1 Å². The Morgan fingerprint density at radius 3 is 2.50 bits per heavy atom. The summed E-state index contributed by atoms with van der Waals surface area (Å²) in [6.45, 7) is 0. The Morgan fingerprint density at radius 1 is 1.43 bits per heavy atom. The molecule has 3 N–H and O–H groups in total. The summed E-state index contributed by atoms with van der Waals surface area (Å²) in [5, 5.41) is 1.58. The van der Waals surface area contributed by atoms with Crippen molar-refractivity contribution in [1.29, 1.82) is 0 Å². The Hall–Kier alpha value is -1.79. The fraction of sp³-hybridized carbons (Fsp3) is 0.143. The quantitative estimate of drug-likeness (QED) is 0.722. The SMILES string of the molecule is Nc1ccc(NC(=O)C(F)(F)F)nc1. The number of anilines is 2. The zero-order valence-electron chi connectivity index (χ0n) is 6.80. The second kappa shape index (κ2) is 3.52. The second-order valence-corrected chi connectivity index (χ2v) is 2.43. The topological polar surface area (TPSA) is 68.0 Å². The maximum absolute atomic E-state index is 11.7. The van der Waals surface area contributed by atoms with Crippen molar-refractivity contribution in [2.75, 3.05) is 11.1 Å². The number of carbonyl (C=O) groups is 1. The Bertz CT molecular complexity index is 333. The van der Waals surface area contributed by atoms with Crippen LogP contribution < -0.4 is 11.1 Å². The van der Waals surface area contributed by atoms with Gasteiger partial charge in [0, 0.05) is 0 Å². The molecule has 1 aromatic rings. The van der Waals surface area contributed by atoms with Crippen molar-refractivity contribution in [3.8, 4) is 0 Å². The number of pyridine rings is 1. The van der Waals surface area contributed by atoms with E-state index in [-0.39, 0.29) is 5.82 Å². The number of alkyl halides is 3. The lowest BCUT2D eigenvalue weighted by Crippen LogP contribution is -2.30. The first-order chi connectivity index (χ1) is 6.39. The molecular formula is C7H6F3N3O. The monoisotopic (exact) mass is 205 g/mol. The number of nitrogens with one attached hydrogen (secondary N) is 1. The van der Waals surface area contributed by atoms with Crippen LogP contribution in [0.1, 0.15) is 0 Å². The highest BCUT2D eigenvalue weighted by Gasteiger charge is 2.38. The van der Waals surface area contributed by atoms with Gasteiger partial charge in [0.05, 0.1) is 11.9 Å². The molecule has 0 atom stereocenters. The van der Waals surface area contributed by atoms with E-state index in [9.17, 15) is 18.0 Å². The number of hydrogen-bond acceptors (Lipinski definition) is 3. The van der Waals surface area contributed by atoms with E-state index >= 15 is 0 Å². The van der Waals surface area contributed by atoms with Gasteiger partial charge in [-0.1, -0.05) is 0 Å². The van der Waals surface area contributed by atoms with Crippen molar-refractivity contribution in [2.45, 2.75) is 6.18 Å². The molecule has 0 spiro atoms. The molecule has 0 aliphatic heterocycles. The number of nitrogens with two attached hydrogens (primary N) is 1. The van der Waals surface area contributed by atoms with E-state index in [1.54, 1.807) is 5.32 Å². The molecule has 0 aliphatic carbocycles. The van der Waals surface area contributed by atoms with Crippen LogP contribution >= 0.6 is 0 Å². The Balaban J connectivity index is 2.71. The summed E-state index contributed by atoms with van der Waals surface area (Å²) in [5.41, 5.74) is 5.55. The predicted octanol–water partition coefficient (Wildman–Crippen LogP) is 1.16. The second-order valence-electron chi connectivity index (χ2n) is 2.43. The average Bonchev–Trinajstić information content (AvgIpc) is 2.07. The number of aromatic nitrogens is 1. The zero-order valence-corrected chi connectivity index (χ0v) is 6.80. The lowest BCUT2D eigenvalue weighted by molar-refractivity contribution is -0.167. The molecule has 0 bridgehead atoms. The average molecular weight is 205 g/mol. The van der Waals surface area contributed by atoms with E-state index in [2.05, 4.69) is 4.98 Å². The number of nitrogens with zero attached hydrogens (tertiary/aromatic N) is 1. The van der Waals surface area contributed by atoms with Gasteiger partial charge >= 0.3 is 12.1 Å². The lowest BCUT2D eigenvalue weighted by Gasteiger charge is -2.06. The number of halogens is 3. The molecular weight excluding hydrogens is 199 g/mol. The van der Waals surface area contributed by atoms with E-state index in [1.807, 2.05) is 0 Å². The first-order valence-corrected chi connectivity index (χ1v) is 3.49. The third-order valence-corrected chi connectivity index (χ3v) is 1.29. The normalized spacial score (nSPS) is 11.1. The van der Waals surface area contributed by atoms with Crippen LogP contribution in [0.15, 0.2) is 18.3 Å². The molecule has 0 aromatic carbocycles. The third-order valence-electron chi connectivity index (χ3n) is 1.29. The summed E-state index contributed by atoms with van der Waals surface area (Å²) < 4.78 is 35.2. The summed E-state index contributed by atoms with van der Waals surface area (Å²) in [6.07, 6.45) is -3.77. The molecule has 4 nitrogen and oxygen atoms in total. The van der Waals surface area contributed by atoms with Crippen LogP contribution in [-0.4, -0.2) is 17.1 Å². The molecule has 1 aromatic heterocycles. The number of nitrogen functional groups attached to an aromatic ring is 1. The molecule has 1 amide bonds. The molecule has 0 aliphatic rings. The van der Waals surface area contributed by atoms with Gasteiger partial charge in [-0.3, -0.25) is 4.79 Å². The zero-order chi connectivity index (χ0) is 10.8. The maximum atomic E-state index is 11.7. The first-order valence-electron chi connectivity index (χ1n) is 3.49. The van der Waals surface area contributed by atoms with E-state index < -0.39 is 12.1 Å². The fourth-order valence-corrected chi connectivity index (χ4v) is 0.666. The third kappa shape index (κ3) is 2.61. The molecule has 14 heavy (non-hydrogen) atoms. The highest BCUT2D eigenvalue weighted by molar-refractivity contribution is 5.94. The minimum absolute atomic E-state index is 0.193. The summed E-state index contributed by atoms with van der Waals surface area (Å²) >= 11 is 0. The highest BCUT2D eigenvalue weighted by atomic mass is 19.4. The number of carbonyl (C=O) groups excluding carboxylic acids is 1. The van der Waals surface area contributed by atoms with Crippen LogP contribution in [0.5, 0.6) is 0 Å². The molecule has 0 saturated carbocycles. The molecule has 0 radical (unpaired) electrons. The standard InChI is InChI=1S/C7H6F3N3O/c8-7(9,10)6(14)13-5-2-1-4(11)3-12-5/h1-3H,11H2,(H,12,13,14). The number of amides is 1.